The van der Waals surface area contributed by atoms with Crippen molar-refractivity contribution in [3.8, 4) is 0 Å². The third-order valence-electron chi connectivity index (χ3n) is 6.27. The Morgan fingerprint density at radius 2 is 1.49 bits per heavy atom. The molecule has 35 heavy (non-hydrogen) atoms. The van der Waals surface area contributed by atoms with Crippen molar-refractivity contribution in [2.75, 3.05) is 16.2 Å². The first kappa shape index (κ1) is 21.5. The number of nitrogens with zero attached hydrogens (tertiary/aromatic N) is 1. The maximum Gasteiger partial charge on any atom is 0.265 e. The SMILES string of the molecule is O=C(CN1c2cccc3cccc(c23)S1(=O)=O)Nc1ccc(Cl)c2c1C(=O)c1ccccc1C2=O. The van der Waals surface area contributed by atoms with Crippen LogP contribution in [0.3, 0.4) is 0 Å². The Kier molecular flexibility index (Phi) is 4.61. The van der Waals surface area contributed by atoms with Gasteiger partial charge in [0.25, 0.3) is 10.0 Å². The molecule has 1 amide bonds. The highest BCUT2D eigenvalue weighted by Crippen LogP contribution is 2.42. The number of fused-ring (bicyclic) bond motifs is 2. The quantitative estimate of drug-likeness (QED) is 0.393. The molecule has 172 valence electrons. The Labute approximate surface area is 205 Å². The molecule has 1 heterocycles. The van der Waals surface area contributed by atoms with Crippen LogP contribution in [0.2, 0.25) is 5.02 Å². The van der Waals surface area contributed by atoms with E-state index in [1.165, 1.54) is 18.2 Å². The minimum Gasteiger partial charge on any atom is -0.324 e. The molecule has 0 unspecified atom stereocenters. The van der Waals surface area contributed by atoms with E-state index in [1.54, 1.807) is 42.5 Å². The van der Waals surface area contributed by atoms with Crippen molar-refractivity contribution in [3.05, 3.63) is 100 Å². The number of rotatable bonds is 3. The fraction of sp³-hybridized carbons (Fsp3) is 0.0385. The summed E-state index contributed by atoms with van der Waals surface area (Å²) in [5.74, 6) is -1.53. The molecule has 0 fully saturated rings. The second kappa shape index (κ2) is 7.49. The van der Waals surface area contributed by atoms with Gasteiger partial charge in [-0.2, -0.15) is 0 Å². The van der Waals surface area contributed by atoms with Crippen LogP contribution in [-0.2, 0) is 14.8 Å². The van der Waals surface area contributed by atoms with Crippen molar-refractivity contribution in [3.63, 3.8) is 0 Å². The maximum absolute atomic E-state index is 13.3. The lowest BCUT2D eigenvalue weighted by Gasteiger charge is -2.22. The number of anilines is 2. The van der Waals surface area contributed by atoms with E-state index in [9.17, 15) is 22.8 Å². The van der Waals surface area contributed by atoms with E-state index in [0.29, 0.717) is 11.1 Å². The van der Waals surface area contributed by atoms with E-state index in [-0.39, 0.29) is 37.9 Å². The summed E-state index contributed by atoms with van der Waals surface area (Å²) in [6.07, 6.45) is 0. The molecule has 1 aliphatic heterocycles. The number of halogens is 1. The minimum atomic E-state index is -3.94. The third-order valence-corrected chi connectivity index (χ3v) is 8.38. The van der Waals surface area contributed by atoms with E-state index in [4.69, 9.17) is 11.6 Å². The van der Waals surface area contributed by atoms with Gasteiger partial charge in [0.2, 0.25) is 5.91 Å². The van der Waals surface area contributed by atoms with Crippen LogP contribution in [0, 0.1) is 0 Å². The van der Waals surface area contributed by atoms with Gasteiger partial charge in [-0.15, -0.1) is 0 Å². The van der Waals surface area contributed by atoms with Crippen molar-refractivity contribution < 1.29 is 22.8 Å². The fourth-order valence-electron chi connectivity index (χ4n) is 4.74. The molecule has 6 rings (SSSR count). The van der Waals surface area contributed by atoms with Crippen LogP contribution in [-0.4, -0.2) is 32.4 Å². The lowest BCUT2D eigenvalue weighted by atomic mass is 9.83. The van der Waals surface area contributed by atoms with E-state index >= 15 is 0 Å². The zero-order chi connectivity index (χ0) is 24.5. The molecule has 0 aromatic heterocycles. The summed E-state index contributed by atoms with van der Waals surface area (Å²) < 4.78 is 27.4. The van der Waals surface area contributed by atoms with Crippen LogP contribution in [0.1, 0.15) is 31.8 Å². The minimum absolute atomic E-state index is 0.00998. The highest BCUT2D eigenvalue weighted by Gasteiger charge is 2.38. The van der Waals surface area contributed by atoms with E-state index in [1.807, 2.05) is 12.1 Å². The molecule has 4 aromatic rings. The number of amides is 1. The van der Waals surface area contributed by atoms with Gasteiger partial charge in [-0.3, -0.25) is 18.7 Å². The molecule has 2 aliphatic rings. The zero-order valence-electron chi connectivity index (χ0n) is 17.9. The van der Waals surface area contributed by atoms with Crippen LogP contribution in [0.5, 0.6) is 0 Å². The molecular weight excluding hydrogens is 488 g/mol. The van der Waals surface area contributed by atoms with E-state index in [2.05, 4.69) is 5.32 Å². The van der Waals surface area contributed by atoms with Gasteiger partial charge in [-0.05, 0) is 29.7 Å². The topological polar surface area (TPSA) is 101 Å². The number of ketones is 2. The van der Waals surface area contributed by atoms with Gasteiger partial charge in [-0.1, -0.05) is 60.1 Å². The second-order valence-electron chi connectivity index (χ2n) is 8.24. The van der Waals surface area contributed by atoms with Crippen LogP contribution < -0.4 is 9.62 Å². The standard InChI is InChI=1S/C26H15ClN2O5S/c27-17-11-12-18(24-23(17)25(31)15-7-1-2-8-16(15)26(24)32)28-21(30)13-29-19-9-3-5-14-6-4-10-20(22(14)19)35(29,33)34/h1-12H,13H2,(H,28,30). The molecule has 0 bridgehead atoms. The summed E-state index contributed by atoms with van der Waals surface area (Å²) in [7, 11) is -3.94. The summed E-state index contributed by atoms with van der Waals surface area (Å²) in [5.41, 5.74) is 0.959. The molecule has 0 radical (unpaired) electrons. The highest BCUT2D eigenvalue weighted by atomic mass is 35.5. The fourth-order valence-corrected chi connectivity index (χ4v) is 6.65. The molecule has 4 aromatic carbocycles. The number of hydrogen-bond donors (Lipinski definition) is 1. The third kappa shape index (κ3) is 3.03. The highest BCUT2D eigenvalue weighted by molar-refractivity contribution is 7.93. The van der Waals surface area contributed by atoms with E-state index < -0.39 is 34.0 Å². The van der Waals surface area contributed by atoms with Gasteiger partial charge in [0.05, 0.1) is 32.4 Å². The van der Waals surface area contributed by atoms with E-state index in [0.717, 1.165) is 9.69 Å². The normalized spacial score (nSPS) is 15.2. The summed E-state index contributed by atoms with van der Waals surface area (Å²) in [6.45, 7) is -0.508. The average molecular weight is 503 g/mol. The first-order chi connectivity index (χ1) is 16.8. The largest absolute Gasteiger partial charge is 0.324 e. The first-order valence-corrected chi connectivity index (χ1v) is 12.5. The molecule has 0 spiro atoms. The maximum atomic E-state index is 13.3. The average Bonchev–Trinajstić information content (AvgIpc) is 3.06. The van der Waals surface area contributed by atoms with Crippen molar-refractivity contribution in [1.29, 1.82) is 0 Å². The summed E-state index contributed by atoms with van der Waals surface area (Å²) in [6, 6.07) is 19.4. The van der Waals surface area contributed by atoms with Gasteiger partial charge in [-0.25, -0.2) is 8.42 Å². The first-order valence-electron chi connectivity index (χ1n) is 10.6. The number of carbonyl (C=O) groups is 3. The van der Waals surface area contributed by atoms with Crippen molar-refractivity contribution >= 4 is 61.2 Å². The van der Waals surface area contributed by atoms with Crippen LogP contribution in [0.15, 0.2) is 77.7 Å². The number of hydrogen-bond acceptors (Lipinski definition) is 5. The molecule has 0 saturated carbocycles. The summed E-state index contributed by atoms with van der Waals surface area (Å²) >= 11 is 6.28. The van der Waals surface area contributed by atoms with Gasteiger partial charge < -0.3 is 5.32 Å². The molecular formula is C26H15ClN2O5S. The summed E-state index contributed by atoms with van der Waals surface area (Å²) in [5, 5.41) is 4.03. The Bertz CT molecular complexity index is 1740. The molecule has 0 saturated heterocycles. The number of sulfonamides is 1. The molecule has 1 N–H and O–H groups in total. The molecule has 1 aliphatic carbocycles. The molecule has 9 heteroatoms. The lowest BCUT2D eigenvalue weighted by molar-refractivity contribution is -0.114. The Balaban J connectivity index is 1.37. The van der Waals surface area contributed by atoms with Crippen LogP contribution >= 0.6 is 11.6 Å². The lowest BCUT2D eigenvalue weighted by Crippen LogP contribution is -2.36. The number of benzene rings is 4. The predicted octanol–water partition coefficient (Wildman–Crippen LogP) is 4.42. The monoisotopic (exact) mass is 502 g/mol. The van der Waals surface area contributed by atoms with Gasteiger partial charge in [0, 0.05) is 16.5 Å². The van der Waals surface area contributed by atoms with Crippen LogP contribution in [0.25, 0.3) is 10.8 Å². The Hall–Kier alpha value is -4.01. The smallest absolute Gasteiger partial charge is 0.265 e. The molecule has 0 atom stereocenters. The zero-order valence-corrected chi connectivity index (χ0v) is 19.5. The van der Waals surface area contributed by atoms with Gasteiger partial charge in [0.15, 0.2) is 11.6 Å². The summed E-state index contributed by atoms with van der Waals surface area (Å²) in [4.78, 5) is 39.6. The second-order valence-corrected chi connectivity index (χ2v) is 10.5. The van der Waals surface area contributed by atoms with Crippen molar-refractivity contribution in [1.82, 2.24) is 0 Å². The predicted molar refractivity (Wildman–Crippen MR) is 132 cm³/mol. The van der Waals surface area contributed by atoms with Crippen molar-refractivity contribution in [2.24, 2.45) is 0 Å². The number of carbonyl (C=O) groups excluding carboxylic acids is 3. The molecule has 7 nitrogen and oxygen atoms in total. The van der Waals surface area contributed by atoms with Crippen molar-refractivity contribution in [2.45, 2.75) is 4.90 Å². The van der Waals surface area contributed by atoms with Crippen LogP contribution in [0.4, 0.5) is 11.4 Å². The Morgan fingerprint density at radius 1 is 0.829 bits per heavy atom. The van der Waals surface area contributed by atoms with Gasteiger partial charge >= 0.3 is 0 Å². The Morgan fingerprint density at radius 3 is 2.20 bits per heavy atom. The number of nitrogens with one attached hydrogen (secondary N) is 1. The van der Waals surface area contributed by atoms with Gasteiger partial charge in [0.1, 0.15) is 6.54 Å².